The Morgan fingerprint density at radius 2 is 1.84 bits per heavy atom. The highest BCUT2D eigenvalue weighted by molar-refractivity contribution is 6.05. The molecule has 1 amide bonds. The van der Waals surface area contributed by atoms with Gasteiger partial charge in [0, 0.05) is 38.6 Å². The number of methoxy groups -OCH3 is 1. The van der Waals surface area contributed by atoms with Crippen molar-refractivity contribution in [2.24, 2.45) is 0 Å². The minimum atomic E-state index is -2.91. The van der Waals surface area contributed by atoms with Gasteiger partial charge in [0.1, 0.15) is 17.2 Å². The summed E-state index contributed by atoms with van der Waals surface area (Å²) in [5.74, 6) is 0.203. The van der Waals surface area contributed by atoms with Crippen molar-refractivity contribution in [3.8, 4) is 11.6 Å². The number of ether oxygens (including phenoxy) is 1. The number of rotatable bonds is 6. The SMILES string of the molecule is COc1nc(N2CCN(C)CC2)ccc1NC(=O)c1cnn(-c2ccncc2)c1C(F)F. The van der Waals surface area contributed by atoms with Gasteiger partial charge in [0.15, 0.2) is 0 Å². The molecule has 1 saturated heterocycles. The first-order valence-corrected chi connectivity index (χ1v) is 10.0. The highest BCUT2D eigenvalue weighted by Crippen LogP contribution is 2.29. The van der Waals surface area contributed by atoms with Gasteiger partial charge in [-0.1, -0.05) is 0 Å². The zero-order chi connectivity index (χ0) is 22.7. The minimum absolute atomic E-state index is 0.204. The van der Waals surface area contributed by atoms with Gasteiger partial charge in [-0.15, -0.1) is 0 Å². The van der Waals surface area contributed by atoms with Gasteiger partial charge in [-0.3, -0.25) is 9.78 Å². The molecule has 1 aliphatic rings. The normalized spacial score (nSPS) is 14.6. The number of hydrogen-bond acceptors (Lipinski definition) is 7. The van der Waals surface area contributed by atoms with Crippen molar-refractivity contribution in [2.75, 3.05) is 50.6 Å². The molecule has 0 radical (unpaired) electrons. The topological polar surface area (TPSA) is 88.4 Å². The van der Waals surface area contributed by atoms with E-state index in [0.717, 1.165) is 42.9 Å². The first kappa shape index (κ1) is 21.6. The van der Waals surface area contributed by atoms with Crippen molar-refractivity contribution < 1.29 is 18.3 Å². The molecule has 4 rings (SSSR count). The third-order valence-electron chi connectivity index (χ3n) is 5.28. The summed E-state index contributed by atoms with van der Waals surface area (Å²) in [7, 11) is 3.51. The second-order valence-corrected chi connectivity index (χ2v) is 7.33. The Bertz CT molecular complexity index is 1080. The van der Waals surface area contributed by atoms with Crippen LogP contribution in [0.2, 0.25) is 0 Å². The van der Waals surface area contributed by atoms with Gasteiger partial charge in [-0.2, -0.15) is 10.1 Å². The molecule has 1 fully saturated rings. The molecule has 9 nitrogen and oxygen atoms in total. The largest absolute Gasteiger partial charge is 0.479 e. The molecule has 3 aromatic rings. The van der Waals surface area contributed by atoms with Crippen LogP contribution in [0.1, 0.15) is 22.5 Å². The third kappa shape index (κ3) is 4.37. The summed E-state index contributed by atoms with van der Waals surface area (Å²) in [4.78, 5) is 25.6. The van der Waals surface area contributed by atoms with Gasteiger partial charge >= 0.3 is 0 Å². The van der Waals surface area contributed by atoms with E-state index in [2.05, 4.69) is 37.2 Å². The van der Waals surface area contributed by atoms with Crippen molar-refractivity contribution in [3.63, 3.8) is 0 Å². The fourth-order valence-corrected chi connectivity index (χ4v) is 3.52. The van der Waals surface area contributed by atoms with Crippen LogP contribution in [0.4, 0.5) is 20.3 Å². The van der Waals surface area contributed by atoms with Crippen LogP contribution in [-0.2, 0) is 0 Å². The fourth-order valence-electron chi connectivity index (χ4n) is 3.52. The second-order valence-electron chi connectivity index (χ2n) is 7.33. The van der Waals surface area contributed by atoms with E-state index in [4.69, 9.17) is 4.74 Å². The highest BCUT2D eigenvalue weighted by Gasteiger charge is 2.26. The molecule has 11 heteroatoms. The molecule has 3 aromatic heterocycles. The van der Waals surface area contributed by atoms with E-state index in [-0.39, 0.29) is 17.1 Å². The molecular formula is C21H23F2N7O2. The fraction of sp³-hybridized carbons (Fsp3) is 0.333. The van der Waals surface area contributed by atoms with Crippen LogP contribution in [0, 0.1) is 0 Å². The van der Waals surface area contributed by atoms with Crippen molar-refractivity contribution in [2.45, 2.75) is 6.43 Å². The summed E-state index contributed by atoms with van der Waals surface area (Å²) in [6.07, 6.45) is 1.14. The third-order valence-corrected chi connectivity index (χ3v) is 5.28. The van der Waals surface area contributed by atoms with Gasteiger partial charge in [0.2, 0.25) is 5.88 Å². The number of carbonyl (C=O) groups is 1. The van der Waals surface area contributed by atoms with Crippen LogP contribution in [-0.4, -0.2) is 70.9 Å². The molecule has 1 aliphatic heterocycles. The number of amides is 1. The lowest BCUT2D eigenvalue weighted by Gasteiger charge is -2.33. The maximum atomic E-state index is 13.8. The molecule has 0 aromatic carbocycles. The van der Waals surface area contributed by atoms with E-state index in [9.17, 15) is 13.6 Å². The van der Waals surface area contributed by atoms with Crippen molar-refractivity contribution in [1.29, 1.82) is 0 Å². The molecule has 0 unspecified atom stereocenters. The quantitative estimate of drug-likeness (QED) is 0.627. The number of piperazine rings is 1. The van der Waals surface area contributed by atoms with Gasteiger partial charge in [0.25, 0.3) is 12.3 Å². The Balaban J connectivity index is 1.58. The number of alkyl halides is 2. The molecule has 1 N–H and O–H groups in total. The van der Waals surface area contributed by atoms with Gasteiger partial charge in [-0.25, -0.2) is 13.5 Å². The lowest BCUT2D eigenvalue weighted by Crippen LogP contribution is -2.44. The highest BCUT2D eigenvalue weighted by atomic mass is 19.3. The van der Waals surface area contributed by atoms with Crippen LogP contribution in [0.5, 0.6) is 5.88 Å². The number of likely N-dealkylation sites (N-methyl/N-ethyl adjacent to an activating group) is 1. The number of carbonyl (C=O) groups excluding carboxylic acids is 1. The summed E-state index contributed by atoms with van der Waals surface area (Å²) in [6, 6.07) is 6.50. The van der Waals surface area contributed by atoms with Crippen molar-refractivity contribution in [1.82, 2.24) is 24.6 Å². The zero-order valence-corrected chi connectivity index (χ0v) is 17.7. The van der Waals surface area contributed by atoms with Gasteiger partial charge in [0.05, 0.1) is 24.6 Å². The molecule has 0 spiro atoms. The van der Waals surface area contributed by atoms with E-state index in [0.29, 0.717) is 5.69 Å². The van der Waals surface area contributed by atoms with Crippen LogP contribution in [0.3, 0.4) is 0 Å². The maximum Gasteiger partial charge on any atom is 0.281 e. The lowest BCUT2D eigenvalue weighted by atomic mass is 10.2. The standard InChI is InChI=1S/C21H23F2N7O2/c1-28-9-11-29(12-10-28)17-4-3-16(21(27-17)32-2)26-20(31)15-13-25-30(18(15)19(22)23)14-5-7-24-8-6-14/h3-8,13,19H,9-12H2,1-2H3,(H,26,31). The van der Waals surface area contributed by atoms with Crippen molar-refractivity contribution in [3.05, 3.63) is 54.1 Å². The average Bonchev–Trinajstić information content (AvgIpc) is 3.26. The Morgan fingerprint density at radius 3 is 2.50 bits per heavy atom. The summed E-state index contributed by atoms with van der Waals surface area (Å²) in [5.41, 5.74) is -0.0749. The molecule has 0 bridgehead atoms. The van der Waals surface area contributed by atoms with Crippen LogP contribution in [0.25, 0.3) is 5.69 Å². The van der Waals surface area contributed by atoms with Gasteiger partial charge in [-0.05, 0) is 31.3 Å². The lowest BCUT2D eigenvalue weighted by molar-refractivity contribution is 0.100. The van der Waals surface area contributed by atoms with Crippen LogP contribution < -0.4 is 15.0 Å². The van der Waals surface area contributed by atoms with Crippen molar-refractivity contribution >= 4 is 17.4 Å². The summed E-state index contributed by atoms with van der Waals surface area (Å²) in [6.45, 7) is 3.48. The number of nitrogens with zero attached hydrogens (tertiary/aromatic N) is 6. The Hall–Kier alpha value is -3.60. The number of halogens is 2. The summed E-state index contributed by atoms with van der Waals surface area (Å²) in [5, 5.41) is 6.61. The molecule has 0 aliphatic carbocycles. The monoisotopic (exact) mass is 443 g/mol. The summed E-state index contributed by atoms with van der Waals surface area (Å²) < 4.78 is 34.1. The van der Waals surface area contributed by atoms with E-state index >= 15 is 0 Å². The molecule has 4 heterocycles. The number of pyridine rings is 2. The summed E-state index contributed by atoms with van der Waals surface area (Å²) >= 11 is 0. The number of aromatic nitrogens is 4. The van der Waals surface area contributed by atoms with E-state index < -0.39 is 18.0 Å². The first-order chi connectivity index (χ1) is 15.5. The molecular weight excluding hydrogens is 420 g/mol. The van der Waals surface area contributed by atoms with E-state index in [1.165, 1.54) is 31.6 Å². The predicted molar refractivity (Wildman–Crippen MR) is 115 cm³/mol. The minimum Gasteiger partial charge on any atom is -0.479 e. The van der Waals surface area contributed by atoms with Gasteiger partial charge < -0.3 is 19.9 Å². The predicted octanol–water partition coefficient (Wildman–Crippen LogP) is 2.61. The van der Waals surface area contributed by atoms with E-state index in [1.807, 2.05) is 0 Å². The second kappa shape index (κ2) is 9.27. The molecule has 168 valence electrons. The first-order valence-electron chi connectivity index (χ1n) is 10.0. The van der Waals surface area contributed by atoms with Crippen LogP contribution >= 0.6 is 0 Å². The maximum absolute atomic E-state index is 13.8. The molecule has 0 saturated carbocycles. The Morgan fingerprint density at radius 1 is 1.12 bits per heavy atom. The Labute approximate surface area is 183 Å². The van der Waals surface area contributed by atoms with E-state index in [1.54, 1.807) is 12.1 Å². The Kier molecular flexibility index (Phi) is 6.26. The van der Waals surface area contributed by atoms with Crippen LogP contribution in [0.15, 0.2) is 42.9 Å². The molecule has 32 heavy (non-hydrogen) atoms. The smallest absolute Gasteiger partial charge is 0.281 e. The number of nitrogens with one attached hydrogen (secondary N) is 1. The zero-order valence-electron chi connectivity index (χ0n) is 17.7. The number of anilines is 2. The average molecular weight is 443 g/mol. The molecule has 0 atom stereocenters. The number of hydrogen-bond donors (Lipinski definition) is 1.